The first kappa shape index (κ1) is 21.4. The average Bonchev–Trinajstić information content (AvgIpc) is 2.64. The zero-order valence-electron chi connectivity index (χ0n) is 16.1. The van der Waals surface area contributed by atoms with E-state index in [1.165, 1.54) is 6.92 Å². The van der Waals surface area contributed by atoms with Crippen LogP contribution in [0, 0.1) is 5.82 Å². The van der Waals surface area contributed by atoms with Crippen molar-refractivity contribution in [1.29, 1.82) is 0 Å². The highest BCUT2D eigenvalue weighted by molar-refractivity contribution is 7.92. The van der Waals surface area contributed by atoms with E-state index in [4.69, 9.17) is 9.47 Å². The summed E-state index contributed by atoms with van der Waals surface area (Å²) in [6, 6.07) is 7.88. The molecular formula is C19H23FN2O6S. The SMILES string of the molecule is C[C@@](CCn1cc(F)c(-c2ccc(OC3COC3)cc2)cc1=O)(NO)S(C)(=O)=O. The summed E-state index contributed by atoms with van der Waals surface area (Å²) in [5, 5.41) is 9.20. The number of rotatable bonds is 8. The van der Waals surface area contributed by atoms with Crippen LogP contribution in [-0.2, 0) is 21.1 Å². The number of pyridine rings is 1. The standard InChI is InChI=1S/C19H23FN2O6S/c1-19(21-24,29(2,25)26)7-8-22-10-17(20)16(9-18(22)23)13-3-5-14(6-4-13)28-15-11-27-12-15/h3-6,9-10,15,21,24H,7-8,11-12H2,1-2H3/t19-/m1/s1. The number of nitrogens with zero attached hydrogens (tertiary/aromatic N) is 1. The van der Waals surface area contributed by atoms with Crippen LogP contribution < -0.4 is 15.8 Å². The largest absolute Gasteiger partial charge is 0.486 e. The monoisotopic (exact) mass is 426 g/mol. The Hall–Kier alpha value is -2.27. The summed E-state index contributed by atoms with van der Waals surface area (Å²) in [6.07, 6.45) is 1.90. The van der Waals surface area contributed by atoms with Gasteiger partial charge in [0, 0.05) is 30.6 Å². The number of hydrogen-bond acceptors (Lipinski definition) is 7. The zero-order valence-corrected chi connectivity index (χ0v) is 16.9. The van der Waals surface area contributed by atoms with Gasteiger partial charge in [0.15, 0.2) is 9.84 Å². The number of ether oxygens (including phenoxy) is 2. The number of hydroxylamine groups is 1. The van der Waals surface area contributed by atoms with Crippen LogP contribution in [0.15, 0.2) is 41.3 Å². The van der Waals surface area contributed by atoms with Gasteiger partial charge in [-0.3, -0.25) is 4.79 Å². The fourth-order valence-electron chi connectivity index (χ4n) is 2.79. The minimum atomic E-state index is -3.66. The van der Waals surface area contributed by atoms with Crippen molar-refractivity contribution in [1.82, 2.24) is 10.0 Å². The first-order chi connectivity index (χ1) is 13.6. The maximum Gasteiger partial charge on any atom is 0.251 e. The Morgan fingerprint density at radius 2 is 2.00 bits per heavy atom. The molecule has 0 bridgehead atoms. The topological polar surface area (TPSA) is 107 Å². The molecule has 0 saturated carbocycles. The number of sulfone groups is 1. The quantitative estimate of drug-likeness (QED) is 0.617. The van der Waals surface area contributed by atoms with E-state index in [0.717, 1.165) is 23.1 Å². The van der Waals surface area contributed by atoms with Crippen LogP contribution in [0.5, 0.6) is 5.75 Å². The smallest absolute Gasteiger partial charge is 0.251 e. The molecule has 1 fully saturated rings. The van der Waals surface area contributed by atoms with Crippen LogP contribution in [0.4, 0.5) is 4.39 Å². The molecule has 0 spiro atoms. The van der Waals surface area contributed by atoms with E-state index in [0.29, 0.717) is 24.5 Å². The molecule has 2 heterocycles. The molecule has 2 aromatic rings. The number of benzene rings is 1. The molecule has 3 rings (SSSR count). The van der Waals surface area contributed by atoms with Gasteiger partial charge in [-0.2, -0.15) is 5.48 Å². The second kappa shape index (κ2) is 8.23. The van der Waals surface area contributed by atoms with Crippen LogP contribution in [0.3, 0.4) is 0 Å². The number of aromatic nitrogens is 1. The molecule has 2 N–H and O–H groups in total. The van der Waals surface area contributed by atoms with Crippen LogP contribution in [-0.4, -0.2) is 48.6 Å². The first-order valence-corrected chi connectivity index (χ1v) is 10.9. The molecule has 29 heavy (non-hydrogen) atoms. The van der Waals surface area contributed by atoms with Crippen LogP contribution >= 0.6 is 0 Å². The molecule has 1 aliphatic rings. The van der Waals surface area contributed by atoms with Gasteiger partial charge < -0.3 is 19.2 Å². The highest BCUT2D eigenvalue weighted by Crippen LogP contribution is 2.25. The Kier molecular flexibility index (Phi) is 6.08. The fourth-order valence-corrected chi connectivity index (χ4v) is 3.41. The fraction of sp³-hybridized carbons (Fsp3) is 0.421. The van der Waals surface area contributed by atoms with E-state index in [2.05, 4.69) is 0 Å². The Labute approximate surface area is 167 Å². The molecule has 158 valence electrons. The lowest BCUT2D eigenvalue weighted by molar-refractivity contribution is -0.0796. The van der Waals surface area contributed by atoms with Crippen molar-refractivity contribution in [3.63, 3.8) is 0 Å². The summed E-state index contributed by atoms with van der Waals surface area (Å²) in [7, 11) is -3.66. The lowest BCUT2D eigenvalue weighted by atomic mass is 10.1. The second-order valence-corrected chi connectivity index (χ2v) is 9.68. The molecular weight excluding hydrogens is 403 g/mol. The minimum absolute atomic E-state index is 0.0209. The van der Waals surface area contributed by atoms with E-state index in [1.807, 2.05) is 0 Å². The van der Waals surface area contributed by atoms with Gasteiger partial charge in [-0.25, -0.2) is 12.8 Å². The lowest BCUT2D eigenvalue weighted by Crippen LogP contribution is -2.48. The zero-order chi connectivity index (χ0) is 21.2. The summed E-state index contributed by atoms with van der Waals surface area (Å²) in [4.78, 5) is 10.8. The van der Waals surface area contributed by atoms with Gasteiger partial charge in [-0.1, -0.05) is 12.1 Å². The van der Waals surface area contributed by atoms with Crippen LogP contribution in [0.2, 0.25) is 0 Å². The van der Waals surface area contributed by atoms with Crippen LogP contribution in [0.25, 0.3) is 11.1 Å². The van der Waals surface area contributed by atoms with Gasteiger partial charge >= 0.3 is 0 Å². The van der Waals surface area contributed by atoms with Crippen molar-refractivity contribution in [2.24, 2.45) is 0 Å². The van der Waals surface area contributed by atoms with Crippen molar-refractivity contribution >= 4 is 9.84 Å². The normalized spacial score (nSPS) is 16.8. The third-order valence-corrected chi connectivity index (χ3v) is 6.97. The minimum Gasteiger partial charge on any atom is -0.486 e. The maximum atomic E-state index is 14.6. The Morgan fingerprint density at radius 1 is 1.34 bits per heavy atom. The summed E-state index contributed by atoms with van der Waals surface area (Å²) in [6.45, 7) is 2.28. The predicted octanol–water partition coefficient (Wildman–Crippen LogP) is 1.56. The van der Waals surface area contributed by atoms with Gasteiger partial charge in [0.25, 0.3) is 5.56 Å². The number of nitrogens with one attached hydrogen (secondary N) is 1. The van der Waals surface area contributed by atoms with Crippen molar-refractivity contribution in [3.8, 4) is 16.9 Å². The van der Waals surface area contributed by atoms with Crippen LogP contribution in [0.1, 0.15) is 13.3 Å². The molecule has 0 radical (unpaired) electrons. The van der Waals surface area contributed by atoms with Gasteiger partial charge in [-0.15, -0.1) is 0 Å². The van der Waals surface area contributed by atoms with Crippen molar-refractivity contribution in [3.05, 3.63) is 52.7 Å². The number of halogens is 1. The highest BCUT2D eigenvalue weighted by atomic mass is 32.2. The molecule has 0 aliphatic carbocycles. The number of aryl methyl sites for hydroxylation is 1. The maximum absolute atomic E-state index is 14.6. The first-order valence-electron chi connectivity index (χ1n) is 8.99. The van der Waals surface area contributed by atoms with Crippen molar-refractivity contribution < 1.29 is 27.5 Å². The van der Waals surface area contributed by atoms with E-state index in [9.17, 15) is 22.8 Å². The molecule has 0 amide bonds. The van der Waals surface area contributed by atoms with E-state index < -0.39 is 26.1 Å². The van der Waals surface area contributed by atoms with Crippen molar-refractivity contribution in [2.75, 3.05) is 19.5 Å². The summed E-state index contributed by atoms with van der Waals surface area (Å²) in [5.74, 6) is 0.0102. The Bertz CT molecular complexity index is 1030. The lowest BCUT2D eigenvalue weighted by Gasteiger charge is -2.26. The molecule has 0 unspecified atom stereocenters. The van der Waals surface area contributed by atoms with E-state index in [1.54, 1.807) is 29.7 Å². The Morgan fingerprint density at radius 3 is 2.52 bits per heavy atom. The van der Waals surface area contributed by atoms with E-state index in [-0.39, 0.29) is 24.6 Å². The number of hydrogen-bond donors (Lipinski definition) is 2. The molecule has 1 aromatic carbocycles. The summed E-state index contributed by atoms with van der Waals surface area (Å²) < 4.78 is 50.0. The molecule has 1 aromatic heterocycles. The van der Waals surface area contributed by atoms with Gasteiger partial charge in [0.1, 0.15) is 22.5 Å². The van der Waals surface area contributed by atoms with Gasteiger partial charge in [0.05, 0.1) is 13.2 Å². The third-order valence-electron chi connectivity index (χ3n) is 5.04. The molecule has 10 heteroatoms. The van der Waals surface area contributed by atoms with Gasteiger partial charge in [-0.05, 0) is 31.0 Å². The highest BCUT2D eigenvalue weighted by Gasteiger charge is 2.35. The predicted molar refractivity (Wildman–Crippen MR) is 104 cm³/mol. The molecule has 1 aliphatic heterocycles. The summed E-state index contributed by atoms with van der Waals surface area (Å²) >= 11 is 0. The third kappa shape index (κ3) is 4.67. The van der Waals surface area contributed by atoms with Gasteiger partial charge in [0.2, 0.25) is 0 Å². The summed E-state index contributed by atoms with van der Waals surface area (Å²) in [5.41, 5.74) is 1.94. The molecule has 1 saturated heterocycles. The molecule has 8 nitrogen and oxygen atoms in total. The van der Waals surface area contributed by atoms with Crippen molar-refractivity contribution in [2.45, 2.75) is 30.9 Å². The molecule has 1 atom stereocenters. The average molecular weight is 426 g/mol. The second-order valence-electron chi connectivity index (χ2n) is 7.23. The van der Waals surface area contributed by atoms with E-state index >= 15 is 0 Å². The Balaban J connectivity index is 1.77.